The molecule has 0 bridgehead atoms. The molecular formula is C24H33N3O5. The van der Waals surface area contributed by atoms with E-state index in [1.165, 1.54) is 19.1 Å². The fraction of sp³-hybridized carbons (Fsp3) is 0.542. The van der Waals surface area contributed by atoms with Gasteiger partial charge in [-0.15, -0.1) is 0 Å². The molecule has 1 aromatic carbocycles. The Kier molecular flexibility index (Phi) is 8.53. The van der Waals surface area contributed by atoms with E-state index in [1.807, 2.05) is 0 Å². The van der Waals surface area contributed by atoms with Gasteiger partial charge in [-0.25, -0.2) is 4.79 Å². The molecule has 1 fully saturated rings. The first-order valence-electron chi connectivity index (χ1n) is 10.9. The number of terminal acetylenes is 1. The smallest absolute Gasteiger partial charge is 0.408 e. The van der Waals surface area contributed by atoms with Crippen LogP contribution in [0.2, 0.25) is 0 Å². The Hall–Kier alpha value is -3.21. The van der Waals surface area contributed by atoms with Crippen LogP contribution in [0.5, 0.6) is 5.75 Å². The Morgan fingerprint density at radius 3 is 2.28 bits per heavy atom. The summed E-state index contributed by atoms with van der Waals surface area (Å²) in [5.74, 6) is -1.01. The van der Waals surface area contributed by atoms with Gasteiger partial charge in [0.15, 0.2) is 0 Å². The highest BCUT2D eigenvalue weighted by Gasteiger charge is 2.35. The van der Waals surface area contributed by atoms with Gasteiger partial charge in [0.2, 0.25) is 5.91 Å². The maximum absolute atomic E-state index is 13.3. The fourth-order valence-corrected chi connectivity index (χ4v) is 3.62. The number of phenolic OH excluding ortho intramolecular Hbond substituents is 1. The number of amides is 3. The van der Waals surface area contributed by atoms with Gasteiger partial charge in [0.25, 0.3) is 5.91 Å². The molecule has 8 heteroatoms. The van der Waals surface area contributed by atoms with E-state index in [2.05, 4.69) is 16.7 Å². The first-order chi connectivity index (χ1) is 15.0. The molecule has 0 radical (unpaired) electrons. The van der Waals surface area contributed by atoms with E-state index in [4.69, 9.17) is 11.2 Å². The van der Waals surface area contributed by atoms with Crippen molar-refractivity contribution in [3.8, 4) is 18.2 Å². The van der Waals surface area contributed by atoms with Crippen LogP contribution >= 0.6 is 0 Å². The Bertz CT molecular complexity index is 848. The number of rotatable bonds is 6. The van der Waals surface area contributed by atoms with Gasteiger partial charge in [-0.2, -0.15) is 0 Å². The predicted molar refractivity (Wildman–Crippen MR) is 120 cm³/mol. The Morgan fingerprint density at radius 2 is 1.75 bits per heavy atom. The average Bonchev–Trinajstić information content (AvgIpc) is 2.71. The molecule has 2 rings (SSSR count). The summed E-state index contributed by atoms with van der Waals surface area (Å²) in [6.07, 6.45) is 9.84. The van der Waals surface area contributed by atoms with Crippen LogP contribution in [0.25, 0.3) is 0 Å². The zero-order valence-electron chi connectivity index (χ0n) is 19.2. The number of phenols is 1. The van der Waals surface area contributed by atoms with E-state index in [0.717, 1.165) is 37.0 Å². The van der Waals surface area contributed by atoms with Crippen molar-refractivity contribution in [2.75, 3.05) is 0 Å². The highest BCUT2D eigenvalue weighted by atomic mass is 16.6. The summed E-state index contributed by atoms with van der Waals surface area (Å²) in [4.78, 5) is 39.5. The van der Waals surface area contributed by atoms with Gasteiger partial charge in [0.1, 0.15) is 23.4 Å². The SMILES string of the molecule is C#CN(C(=O)C(C)NC(=O)OC(C)(C)C)C(C(=O)NC1CCCCC1)c1ccc(O)cc1. The molecule has 3 amide bonds. The van der Waals surface area contributed by atoms with Crippen molar-refractivity contribution in [2.24, 2.45) is 0 Å². The third-order valence-electron chi connectivity index (χ3n) is 5.15. The minimum atomic E-state index is -1.11. The summed E-state index contributed by atoms with van der Waals surface area (Å²) < 4.78 is 5.20. The number of benzene rings is 1. The van der Waals surface area contributed by atoms with Crippen LogP contribution in [0.1, 0.15) is 71.4 Å². The van der Waals surface area contributed by atoms with Crippen molar-refractivity contribution in [2.45, 2.75) is 83.5 Å². The van der Waals surface area contributed by atoms with Crippen molar-refractivity contribution in [1.29, 1.82) is 0 Å². The zero-order valence-corrected chi connectivity index (χ0v) is 19.2. The van der Waals surface area contributed by atoms with Crippen LogP contribution in [0.15, 0.2) is 24.3 Å². The normalized spacial score (nSPS) is 16.2. The number of ether oxygens (including phenoxy) is 1. The average molecular weight is 444 g/mol. The molecule has 0 saturated heterocycles. The molecular weight excluding hydrogens is 410 g/mol. The summed E-state index contributed by atoms with van der Waals surface area (Å²) in [6, 6.07) is 6.13. The number of hydrogen-bond acceptors (Lipinski definition) is 5. The molecule has 2 unspecified atom stereocenters. The second kappa shape index (κ2) is 10.9. The predicted octanol–water partition coefficient (Wildman–Crippen LogP) is 3.21. The highest BCUT2D eigenvalue weighted by Crippen LogP contribution is 2.25. The van der Waals surface area contributed by atoms with E-state index < -0.39 is 35.6 Å². The van der Waals surface area contributed by atoms with Gasteiger partial charge < -0.3 is 20.5 Å². The number of nitrogens with one attached hydrogen (secondary N) is 2. The van der Waals surface area contributed by atoms with Gasteiger partial charge in [0.05, 0.1) is 0 Å². The van der Waals surface area contributed by atoms with Gasteiger partial charge in [0, 0.05) is 12.1 Å². The molecule has 1 aliphatic rings. The number of aromatic hydroxyl groups is 1. The topological polar surface area (TPSA) is 108 Å². The molecule has 174 valence electrons. The third kappa shape index (κ3) is 7.19. The van der Waals surface area contributed by atoms with Crippen molar-refractivity contribution >= 4 is 17.9 Å². The number of hydrogen-bond donors (Lipinski definition) is 3. The van der Waals surface area contributed by atoms with E-state index in [0.29, 0.717) is 5.56 Å². The van der Waals surface area contributed by atoms with Gasteiger partial charge in [-0.3, -0.25) is 14.5 Å². The number of alkyl carbamates (subject to hydrolysis) is 1. The number of nitrogens with zero attached hydrogens (tertiary/aromatic N) is 1. The monoisotopic (exact) mass is 443 g/mol. The number of carbonyl (C=O) groups excluding carboxylic acids is 3. The van der Waals surface area contributed by atoms with Crippen LogP contribution in [0.4, 0.5) is 4.79 Å². The third-order valence-corrected chi connectivity index (χ3v) is 5.15. The summed E-state index contributed by atoms with van der Waals surface area (Å²) in [5, 5.41) is 15.1. The van der Waals surface area contributed by atoms with Crippen LogP contribution in [-0.2, 0) is 14.3 Å². The maximum atomic E-state index is 13.3. The fourth-order valence-electron chi connectivity index (χ4n) is 3.62. The first-order valence-corrected chi connectivity index (χ1v) is 10.9. The summed E-state index contributed by atoms with van der Waals surface area (Å²) >= 11 is 0. The molecule has 8 nitrogen and oxygen atoms in total. The largest absolute Gasteiger partial charge is 0.508 e. The lowest BCUT2D eigenvalue weighted by Gasteiger charge is -2.31. The van der Waals surface area contributed by atoms with Crippen LogP contribution in [0, 0.1) is 12.5 Å². The molecule has 1 aliphatic carbocycles. The van der Waals surface area contributed by atoms with Gasteiger partial charge >= 0.3 is 6.09 Å². The molecule has 1 saturated carbocycles. The van der Waals surface area contributed by atoms with Crippen molar-refractivity contribution in [1.82, 2.24) is 15.5 Å². The quantitative estimate of drug-likeness (QED) is 0.462. The lowest BCUT2D eigenvalue weighted by Crippen LogP contribution is -2.51. The van der Waals surface area contributed by atoms with E-state index in [9.17, 15) is 19.5 Å². The lowest BCUT2D eigenvalue weighted by molar-refractivity contribution is -0.138. The second-order valence-corrected chi connectivity index (χ2v) is 9.04. The molecule has 1 aromatic rings. The molecule has 0 heterocycles. The second-order valence-electron chi connectivity index (χ2n) is 9.04. The standard InChI is InChI=1S/C24H33N3O5/c1-6-27(22(30)16(2)25-23(31)32-24(3,4)5)20(17-12-14-19(28)15-13-17)21(29)26-18-10-8-7-9-11-18/h1,12-16,18,20,28H,7-11H2,2-5H3,(H,25,31)(H,26,29). The molecule has 0 spiro atoms. The van der Waals surface area contributed by atoms with Crippen LogP contribution in [-0.4, -0.2) is 45.6 Å². The molecule has 0 aliphatic heterocycles. The highest BCUT2D eigenvalue weighted by molar-refractivity contribution is 5.93. The van der Waals surface area contributed by atoms with Crippen molar-refractivity contribution in [3.63, 3.8) is 0 Å². The van der Waals surface area contributed by atoms with E-state index in [-0.39, 0.29) is 11.8 Å². The minimum absolute atomic E-state index is 0.0166. The van der Waals surface area contributed by atoms with Crippen molar-refractivity contribution in [3.05, 3.63) is 29.8 Å². The number of carbonyl (C=O) groups is 3. The first kappa shape index (κ1) is 25.1. The minimum Gasteiger partial charge on any atom is -0.508 e. The Morgan fingerprint density at radius 1 is 1.16 bits per heavy atom. The van der Waals surface area contributed by atoms with Crippen LogP contribution < -0.4 is 10.6 Å². The molecule has 3 N–H and O–H groups in total. The summed E-state index contributed by atoms with van der Waals surface area (Å²) in [7, 11) is 0. The Balaban J connectivity index is 2.25. The van der Waals surface area contributed by atoms with Gasteiger partial charge in [-0.1, -0.05) is 37.8 Å². The summed E-state index contributed by atoms with van der Waals surface area (Å²) in [6.45, 7) is 6.61. The molecule has 0 aromatic heterocycles. The summed E-state index contributed by atoms with van der Waals surface area (Å²) in [5.41, 5.74) is -0.278. The maximum Gasteiger partial charge on any atom is 0.408 e. The van der Waals surface area contributed by atoms with E-state index >= 15 is 0 Å². The zero-order chi connectivity index (χ0) is 23.9. The Labute approximate surface area is 189 Å². The molecule has 2 atom stereocenters. The van der Waals surface area contributed by atoms with Gasteiger partial charge in [-0.05, 0) is 58.2 Å². The van der Waals surface area contributed by atoms with E-state index in [1.54, 1.807) is 32.9 Å². The molecule has 32 heavy (non-hydrogen) atoms. The van der Waals surface area contributed by atoms with Crippen molar-refractivity contribution < 1.29 is 24.2 Å². The lowest BCUT2D eigenvalue weighted by atomic mass is 9.94. The van der Waals surface area contributed by atoms with Crippen LogP contribution in [0.3, 0.4) is 0 Å².